The molecule has 18 heavy (non-hydrogen) atoms. The second-order valence-electron chi connectivity index (χ2n) is 4.69. The Morgan fingerprint density at radius 2 is 1.67 bits per heavy atom. The van der Waals surface area contributed by atoms with Gasteiger partial charge in [0.2, 0.25) is 0 Å². The molecule has 0 aliphatic heterocycles. The maximum Gasteiger partial charge on any atom is 0.0205 e. The molecule has 0 unspecified atom stereocenters. The van der Waals surface area contributed by atoms with Crippen LogP contribution in [0.25, 0.3) is 11.1 Å². The quantitative estimate of drug-likeness (QED) is 0.772. The van der Waals surface area contributed by atoms with Gasteiger partial charge in [-0.3, -0.25) is 0 Å². The van der Waals surface area contributed by atoms with Crippen LogP contribution < -0.4 is 5.32 Å². The second kappa shape index (κ2) is 6.36. The predicted molar refractivity (Wildman–Crippen MR) is 78.6 cm³/mol. The minimum atomic E-state index is 0.960. The fourth-order valence-electron chi connectivity index (χ4n) is 2.11. The van der Waals surface area contributed by atoms with Gasteiger partial charge in [-0.05, 0) is 42.1 Å². The van der Waals surface area contributed by atoms with Gasteiger partial charge in [-0.25, -0.2) is 0 Å². The summed E-state index contributed by atoms with van der Waals surface area (Å²) in [6.07, 6.45) is 1.18. The molecule has 0 radical (unpaired) electrons. The molecule has 2 aromatic rings. The van der Waals surface area contributed by atoms with Gasteiger partial charge in [0.15, 0.2) is 0 Å². The van der Waals surface area contributed by atoms with Crippen molar-refractivity contribution in [3.63, 3.8) is 0 Å². The van der Waals surface area contributed by atoms with Crippen LogP contribution in [0.2, 0.25) is 0 Å². The Balaban J connectivity index is 2.10. The number of hydrogen-bond acceptors (Lipinski definition) is 1. The molecule has 1 N–H and O–H groups in total. The lowest BCUT2D eigenvalue weighted by Gasteiger charge is -2.07. The molecule has 0 spiro atoms. The van der Waals surface area contributed by atoms with E-state index in [0.717, 1.165) is 13.1 Å². The van der Waals surface area contributed by atoms with E-state index in [2.05, 4.69) is 67.7 Å². The molecule has 0 bridgehead atoms. The lowest BCUT2D eigenvalue weighted by atomic mass is 10.00. The van der Waals surface area contributed by atoms with Crippen LogP contribution in [0.3, 0.4) is 0 Å². The highest BCUT2D eigenvalue weighted by Crippen LogP contribution is 2.23. The van der Waals surface area contributed by atoms with Crippen molar-refractivity contribution in [2.75, 3.05) is 6.54 Å². The summed E-state index contributed by atoms with van der Waals surface area (Å²) in [7, 11) is 0. The Kier molecular flexibility index (Phi) is 4.54. The van der Waals surface area contributed by atoms with Gasteiger partial charge < -0.3 is 5.32 Å². The van der Waals surface area contributed by atoms with Crippen LogP contribution in [0.15, 0.2) is 48.5 Å². The van der Waals surface area contributed by atoms with Crippen LogP contribution in [0.1, 0.15) is 24.5 Å². The first kappa shape index (κ1) is 12.8. The molecule has 94 valence electrons. The molecule has 0 heterocycles. The molecule has 0 saturated carbocycles. The first-order chi connectivity index (χ1) is 8.81. The third-order valence-corrected chi connectivity index (χ3v) is 3.17. The Labute approximate surface area is 110 Å². The van der Waals surface area contributed by atoms with Gasteiger partial charge in [0.25, 0.3) is 0 Å². The monoisotopic (exact) mass is 239 g/mol. The van der Waals surface area contributed by atoms with Crippen LogP contribution in [-0.4, -0.2) is 6.54 Å². The van der Waals surface area contributed by atoms with Gasteiger partial charge in [-0.2, -0.15) is 0 Å². The van der Waals surface area contributed by atoms with Gasteiger partial charge >= 0.3 is 0 Å². The summed E-state index contributed by atoms with van der Waals surface area (Å²) in [4.78, 5) is 0. The first-order valence-electron chi connectivity index (χ1n) is 6.67. The van der Waals surface area contributed by atoms with E-state index in [1.807, 2.05) is 0 Å². The summed E-state index contributed by atoms with van der Waals surface area (Å²) in [6, 6.07) is 17.4. The minimum absolute atomic E-state index is 0.960. The van der Waals surface area contributed by atoms with E-state index in [1.54, 1.807) is 0 Å². The fourth-order valence-corrected chi connectivity index (χ4v) is 2.11. The number of rotatable bonds is 5. The molecule has 2 rings (SSSR count). The van der Waals surface area contributed by atoms with Gasteiger partial charge in [0, 0.05) is 6.54 Å². The summed E-state index contributed by atoms with van der Waals surface area (Å²) < 4.78 is 0. The molecule has 0 aliphatic carbocycles. The number of hydrogen-bond donors (Lipinski definition) is 1. The Morgan fingerprint density at radius 1 is 0.944 bits per heavy atom. The zero-order valence-corrected chi connectivity index (χ0v) is 11.2. The molecule has 0 saturated heterocycles. The summed E-state index contributed by atoms with van der Waals surface area (Å²) in [5.74, 6) is 0. The van der Waals surface area contributed by atoms with Crippen molar-refractivity contribution in [1.29, 1.82) is 0 Å². The normalized spacial score (nSPS) is 10.6. The number of nitrogens with one attached hydrogen (secondary N) is 1. The molecule has 0 aromatic heterocycles. The van der Waals surface area contributed by atoms with Crippen LogP contribution in [0, 0.1) is 6.92 Å². The summed E-state index contributed by atoms with van der Waals surface area (Å²) in [5.41, 5.74) is 5.30. The Hall–Kier alpha value is -1.60. The highest BCUT2D eigenvalue weighted by molar-refractivity contribution is 5.67. The Morgan fingerprint density at radius 3 is 2.33 bits per heavy atom. The average Bonchev–Trinajstić information content (AvgIpc) is 2.41. The second-order valence-corrected chi connectivity index (χ2v) is 4.69. The van der Waals surface area contributed by atoms with E-state index in [0.29, 0.717) is 0 Å². The van der Waals surface area contributed by atoms with Crippen molar-refractivity contribution in [2.45, 2.75) is 26.8 Å². The third kappa shape index (κ3) is 3.21. The Bertz CT molecular complexity index is 485. The maximum absolute atomic E-state index is 3.42. The smallest absolute Gasteiger partial charge is 0.0205 e. The fraction of sp³-hybridized carbons (Fsp3) is 0.294. The van der Waals surface area contributed by atoms with Gasteiger partial charge in [-0.1, -0.05) is 55.5 Å². The van der Waals surface area contributed by atoms with E-state index in [4.69, 9.17) is 0 Å². The topological polar surface area (TPSA) is 12.0 Å². The van der Waals surface area contributed by atoms with Crippen LogP contribution in [0.4, 0.5) is 0 Å². The van der Waals surface area contributed by atoms with Crippen molar-refractivity contribution in [2.24, 2.45) is 0 Å². The van der Waals surface area contributed by atoms with E-state index < -0.39 is 0 Å². The van der Waals surface area contributed by atoms with E-state index in [1.165, 1.54) is 28.7 Å². The highest BCUT2D eigenvalue weighted by Gasteiger charge is 2.00. The standard InChI is InChI=1S/C17H21N/c1-3-12-18-13-15-8-10-16(11-9-15)17-7-5-4-6-14(17)2/h4-11,18H,3,12-13H2,1-2H3. The molecule has 0 fully saturated rings. The molecule has 1 nitrogen and oxygen atoms in total. The van der Waals surface area contributed by atoms with Crippen LogP contribution >= 0.6 is 0 Å². The molecular formula is C17H21N. The zero-order valence-electron chi connectivity index (χ0n) is 11.2. The molecule has 0 amide bonds. The van der Waals surface area contributed by atoms with Crippen molar-refractivity contribution in [1.82, 2.24) is 5.32 Å². The predicted octanol–water partition coefficient (Wildman–Crippen LogP) is 4.16. The lowest BCUT2D eigenvalue weighted by molar-refractivity contribution is 0.675. The van der Waals surface area contributed by atoms with Crippen LogP contribution in [-0.2, 0) is 6.54 Å². The molecule has 1 heteroatoms. The van der Waals surface area contributed by atoms with Crippen molar-refractivity contribution >= 4 is 0 Å². The SMILES string of the molecule is CCCNCc1ccc(-c2ccccc2C)cc1. The minimum Gasteiger partial charge on any atom is -0.313 e. The third-order valence-electron chi connectivity index (χ3n) is 3.17. The van der Waals surface area contributed by atoms with E-state index >= 15 is 0 Å². The average molecular weight is 239 g/mol. The molecule has 0 atom stereocenters. The van der Waals surface area contributed by atoms with Crippen molar-refractivity contribution in [3.05, 3.63) is 59.7 Å². The first-order valence-corrected chi connectivity index (χ1v) is 6.67. The van der Waals surface area contributed by atoms with Gasteiger partial charge in [0.05, 0.1) is 0 Å². The summed E-state index contributed by atoms with van der Waals surface area (Å²) in [5, 5.41) is 3.42. The zero-order chi connectivity index (χ0) is 12.8. The summed E-state index contributed by atoms with van der Waals surface area (Å²) >= 11 is 0. The largest absolute Gasteiger partial charge is 0.313 e. The van der Waals surface area contributed by atoms with Crippen molar-refractivity contribution < 1.29 is 0 Å². The maximum atomic E-state index is 3.42. The van der Waals surface area contributed by atoms with Crippen molar-refractivity contribution in [3.8, 4) is 11.1 Å². The summed E-state index contributed by atoms with van der Waals surface area (Å²) in [6.45, 7) is 6.39. The molecule has 0 aliphatic rings. The van der Waals surface area contributed by atoms with Gasteiger partial charge in [-0.15, -0.1) is 0 Å². The van der Waals surface area contributed by atoms with E-state index in [-0.39, 0.29) is 0 Å². The molecular weight excluding hydrogens is 218 g/mol. The molecule has 2 aromatic carbocycles. The number of benzene rings is 2. The van der Waals surface area contributed by atoms with Gasteiger partial charge in [0.1, 0.15) is 0 Å². The lowest BCUT2D eigenvalue weighted by Crippen LogP contribution is -2.13. The van der Waals surface area contributed by atoms with Crippen LogP contribution in [0.5, 0.6) is 0 Å². The van der Waals surface area contributed by atoms with E-state index in [9.17, 15) is 0 Å². The highest BCUT2D eigenvalue weighted by atomic mass is 14.8. The number of aryl methyl sites for hydroxylation is 1.